The van der Waals surface area contributed by atoms with Gasteiger partial charge in [0.2, 0.25) is 0 Å². The van der Waals surface area contributed by atoms with Crippen molar-refractivity contribution < 1.29 is 13.2 Å². The molecule has 78 valence electrons. The average molecular weight is 221 g/mol. The van der Waals surface area contributed by atoms with Crippen LogP contribution in [0.2, 0.25) is 0 Å². The van der Waals surface area contributed by atoms with Crippen LogP contribution in [0.25, 0.3) is 0 Å². The van der Waals surface area contributed by atoms with E-state index in [1.165, 1.54) is 0 Å². The third-order valence-electron chi connectivity index (χ3n) is 1.65. The molecule has 0 aliphatic rings. The first kappa shape index (κ1) is 11.4. The number of rotatable bonds is 3. The quantitative estimate of drug-likeness (QED) is 0.784. The highest BCUT2D eigenvalue weighted by Gasteiger charge is 2.29. The number of benzene rings is 1. The zero-order valence-electron chi connectivity index (χ0n) is 7.51. The Kier molecular flexibility index (Phi) is 3.83. The molecule has 1 aromatic carbocycles. The molecule has 0 unspecified atom stereocenters. The first-order valence-corrected chi connectivity index (χ1v) is 4.86. The summed E-state index contributed by atoms with van der Waals surface area (Å²) in [4.78, 5) is 0. The van der Waals surface area contributed by atoms with E-state index in [4.69, 9.17) is 0 Å². The van der Waals surface area contributed by atoms with Gasteiger partial charge >= 0.3 is 5.51 Å². The van der Waals surface area contributed by atoms with Gasteiger partial charge in [-0.05, 0) is 12.5 Å². The van der Waals surface area contributed by atoms with E-state index in [-0.39, 0.29) is 18.0 Å². The van der Waals surface area contributed by atoms with Crippen LogP contribution >= 0.6 is 11.9 Å². The molecular weight excluding hydrogens is 211 g/mol. The normalized spacial score (nSPS) is 14.0. The molecule has 0 bridgehead atoms. The highest BCUT2D eigenvalue weighted by atomic mass is 32.2. The molecule has 1 atom stereocenters. The molecule has 0 spiro atoms. The second-order valence-electron chi connectivity index (χ2n) is 2.80. The molecule has 0 saturated heterocycles. The maximum atomic E-state index is 11.8. The Balaban J connectivity index is 2.48. The molecule has 0 heterocycles. The molecule has 0 fully saturated rings. The Bertz CT molecular complexity index is 273. The first-order chi connectivity index (χ1) is 6.49. The second-order valence-corrected chi connectivity index (χ2v) is 3.70. The zero-order valence-corrected chi connectivity index (χ0v) is 8.32. The molecule has 0 amide bonds. The molecule has 0 saturated carbocycles. The predicted octanol–water partition coefficient (Wildman–Crippen LogP) is 3.51. The summed E-state index contributed by atoms with van der Waals surface area (Å²) in [6.45, 7) is 1.69. The summed E-state index contributed by atoms with van der Waals surface area (Å²) in [6, 6.07) is 8.68. The lowest BCUT2D eigenvalue weighted by molar-refractivity contribution is -0.0337. The summed E-state index contributed by atoms with van der Waals surface area (Å²) in [5, 5.41) is 0. The molecular formula is C9H10F3NS. The van der Waals surface area contributed by atoms with Crippen LogP contribution in [0.5, 0.6) is 0 Å². The fraction of sp³-hybridized carbons (Fsp3) is 0.333. The molecule has 5 heteroatoms. The number of halogens is 3. The maximum absolute atomic E-state index is 11.8. The maximum Gasteiger partial charge on any atom is 0.456 e. The van der Waals surface area contributed by atoms with Crippen molar-refractivity contribution in [2.45, 2.75) is 18.5 Å². The van der Waals surface area contributed by atoms with Gasteiger partial charge in [-0.15, -0.1) is 0 Å². The lowest BCUT2D eigenvalue weighted by Gasteiger charge is -2.14. The second kappa shape index (κ2) is 4.70. The zero-order chi connectivity index (χ0) is 10.6. The van der Waals surface area contributed by atoms with Gasteiger partial charge in [0.1, 0.15) is 0 Å². The van der Waals surface area contributed by atoms with Gasteiger partial charge in [-0.1, -0.05) is 30.3 Å². The summed E-state index contributed by atoms with van der Waals surface area (Å²) in [6.07, 6.45) is 0. The van der Waals surface area contributed by atoms with Crippen molar-refractivity contribution in [1.82, 2.24) is 4.72 Å². The van der Waals surface area contributed by atoms with Gasteiger partial charge < -0.3 is 0 Å². The van der Waals surface area contributed by atoms with Crippen molar-refractivity contribution in [3.63, 3.8) is 0 Å². The highest BCUT2D eigenvalue weighted by molar-refractivity contribution is 7.98. The Labute approximate surface area is 84.8 Å². The van der Waals surface area contributed by atoms with Crippen LogP contribution in [0, 0.1) is 0 Å². The highest BCUT2D eigenvalue weighted by Crippen LogP contribution is 2.29. The lowest BCUT2D eigenvalue weighted by atomic mass is 10.1. The summed E-state index contributed by atoms with van der Waals surface area (Å²) in [5.41, 5.74) is -3.40. The molecule has 14 heavy (non-hydrogen) atoms. The van der Waals surface area contributed by atoms with E-state index in [0.29, 0.717) is 0 Å². The minimum absolute atomic E-state index is 0.213. The molecule has 1 nitrogen and oxygen atoms in total. The van der Waals surface area contributed by atoms with Crippen molar-refractivity contribution in [1.29, 1.82) is 0 Å². The Morgan fingerprint density at radius 3 is 2.29 bits per heavy atom. The summed E-state index contributed by atoms with van der Waals surface area (Å²) < 4.78 is 37.8. The standard InChI is InChI=1S/C9H10F3NS/c1-7(13-14-9(10,11)12)8-5-3-2-4-6-8/h2-7,13H,1H3/t7-/m1/s1. The number of hydrogen-bond donors (Lipinski definition) is 1. The van der Waals surface area contributed by atoms with E-state index in [0.717, 1.165) is 5.56 Å². The SMILES string of the molecule is C[C@@H](NSC(F)(F)F)c1ccccc1. The van der Waals surface area contributed by atoms with E-state index in [1.54, 1.807) is 31.2 Å². The number of hydrogen-bond acceptors (Lipinski definition) is 2. The first-order valence-electron chi connectivity index (χ1n) is 4.04. The molecule has 0 aromatic heterocycles. The Morgan fingerprint density at radius 2 is 1.79 bits per heavy atom. The van der Waals surface area contributed by atoms with Crippen LogP contribution in [0.15, 0.2) is 30.3 Å². The largest absolute Gasteiger partial charge is 0.456 e. The Morgan fingerprint density at radius 1 is 1.21 bits per heavy atom. The van der Waals surface area contributed by atoms with E-state index in [2.05, 4.69) is 4.72 Å². The topological polar surface area (TPSA) is 12.0 Å². The number of nitrogens with one attached hydrogen (secondary N) is 1. The summed E-state index contributed by atoms with van der Waals surface area (Å²) in [5.74, 6) is 0. The molecule has 1 aromatic rings. The summed E-state index contributed by atoms with van der Waals surface area (Å²) >= 11 is -0.213. The minimum atomic E-state index is -4.23. The van der Waals surface area contributed by atoms with Crippen LogP contribution in [0.3, 0.4) is 0 Å². The van der Waals surface area contributed by atoms with Crippen molar-refractivity contribution in [2.24, 2.45) is 0 Å². The fourth-order valence-electron chi connectivity index (χ4n) is 0.965. The van der Waals surface area contributed by atoms with Crippen LogP contribution < -0.4 is 4.72 Å². The minimum Gasteiger partial charge on any atom is -0.249 e. The fourth-order valence-corrected chi connectivity index (χ4v) is 1.41. The van der Waals surface area contributed by atoms with Gasteiger partial charge in [0.05, 0.1) is 0 Å². The van der Waals surface area contributed by atoms with Gasteiger partial charge in [-0.3, -0.25) is 0 Å². The van der Waals surface area contributed by atoms with Crippen molar-refractivity contribution >= 4 is 11.9 Å². The third kappa shape index (κ3) is 4.02. The van der Waals surface area contributed by atoms with Gasteiger partial charge in [-0.25, -0.2) is 4.72 Å². The lowest BCUT2D eigenvalue weighted by Crippen LogP contribution is -2.16. The van der Waals surface area contributed by atoms with Crippen molar-refractivity contribution in [3.05, 3.63) is 35.9 Å². The number of alkyl halides is 3. The molecule has 0 radical (unpaired) electrons. The van der Waals surface area contributed by atoms with Gasteiger partial charge in [0, 0.05) is 18.0 Å². The Hall–Kier alpha value is -0.680. The van der Waals surface area contributed by atoms with Crippen LogP contribution in [0.1, 0.15) is 18.5 Å². The van der Waals surface area contributed by atoms with Crippen LogP contribution in [0.4, 0.5) is 13.2 Å². The van der Waals surface area contributed by atoms with Crippen molar-refractivity contribution in [3.8, 4) is 0 Å². The van der Waals surface area contributed by atoms with Gasteiger partial charge in [0.25, 0.3) is 0 Å². The van der Waals surface area contributed by atoms with E-state index in [1.807, 2.05) is 6.07 Å². The third-order valence-corrected chi connectivity index (χ3v) is 2.35. The molecule has 0 aliphatic carbocycles. The monoisotopic (exact) mass is 221 g/mol. The van der Waals surface area contributed by atoms with Gasteiger partial charge in [0.15, 0.2) is 0 Å². The van der Waals surface area contributed by atoms with E-state index in [9.17, 15) is 13.2 Å². The van der Waals surface area contributed by atoms with Crippen LogP contribution in [-0.4, -0.2) is 5.51 Å². The smallest absolute Gasteiger partial charge is 0.249 e. The summed E-state index contributed by atoms with van der Waals surface area (Å²) in [7, 11) is 0. The van der Waals surface area contributed by atoms with Gasteiger partial charge in [-0.2, -0.15) is 13.2 Å². The van der Waals surface area contributed by atoms with E-state index < -0.39 is 5.51 Å². The molecule has 1 N–H and O–H groups in total. The predicted molar refractivity (Wildman–Crippen MR) is 51.6 cm³/mol. The average Bonchev–Trinajstić information content (AvgIpc) is 2.14. The van der Waals surface area contributed by atoms with Crippen molar-refractivity contribution in [2.75, 3.05) is 0 Å². The van der Waals surface area contributed by atoms with E-state index >= 15 is 0 Å². The molecule has 0 aliphatic heterocycles. The van der Waals surface area contributed by atoms with Crippen LogP contribution in [-0.2, 0) is 0 Å². The molecule has 1 rings (SSSR count).